The van der Waals surface area contributed by atoms with Crippen molar-refractivity contribution in [3.8, 4) is 0 Å². The highest BCUT2D eigenvalue weighted by molar-refractivity contribution is 9.10. The van der Waals surface area contributed by atoms with Crippen molar-refractivity contribution in [2.75, 3.05) is 18.0 Å². The minimum atomic E-state index is -4.75. The molecule has 1 fully saturated rings. The molecule has 2 aromatic rings. The number of anilines is 1. The van der Waals surface area contributed by atoms with Gasteiger partial charge in [0.15, 0.2) is 0 Å². The molecule has 8 nitrogen and oxygen atoms in total. The molecule has 1 saturated heterocycles. The Hall–Kier alpha value is -2.63. The molecule has 1 aromatic carbocycles. The SMILES string of the molecule is Cn1c(C(F)(F)F)nn(CCNC(=O)C2CC(=O)N(c3cccc(Br)c3)C2)c1=O. The van der Waals surface area contributed by atoms with Crippen molar-refractivity contribution in [3.05, 3.63) is 45.0 Å². The zero-order valence-corrected chi connectivity index (χ0v) is 16.8. The van der Waals surface area contributed by atoms with Gasteiger partial charge in [-0.25, -0.2) is 9.48 Å². The number of hydrogen-bond acceptors (Lipinski definition) is 4. The smallest absolute Gasteiger partial charge is 0.354 e. The van der Waals surface area contributed by atoms with Crippen LogP contribution in [0.15, 0.2) is 33.5 Å². The molecule has 1 N–H and O–H groups in total. The quantitative estimate of drug-likeness (QED) is 0.709. The molecule has 1 atom stereocenters. The van der Waals surface area contributed by atoms with Crippen molar-refractivity contribution >= 4 is 33.4 Å². The van der Waals surface area contributed by atoms with Crippen LogP contribution in [0.3, 0.4) is 0 Å². The van der Waals surface area contributed by atoms with E-state index in [1.807, 2.05) is 6.07 Å². The summed E-state index contributed by atoms with van der Waals surface area (Å²) in [6.07, 6.45) is -4.72. The lowest BCUT2D eigenvalue weighted by atomic mass is 10.1. The summed E-state index contributed by atoms with van der Waals surface area (Å²) in [5, 5.41) is 5.83. The highest BCUT2D eigenvalue weighted by Crippen LogP contribution is 2.27. The summed E-state index contributed by atoms with van der Waals surface area (Å²) in [6.45, 7) is -0.109. The van der Waals surface area contributed by atoms with E-state index < -0.39 is 29.5 Å². The number of nitrogens with zero attached hydrogens (tertiary/aromatic N) is 4. The topological polar surface area (TPSA) is 89.2 Å². The van der Waals surface area contributed by atoms with Gasteiger partial charge in [0.1, 0.15) is 0 Å². The first kappa shape index (κ1) is 21.1. The molecule has 1 aliphatic heterocycles. The molecule has 2 amide bonds. The largest absolute Gasteiger partial charge is 0.451 e. The van der Waals surface area contributed by atoms with Crippen LogP contribution in [0.5, 0.6) is 0 Å². The molecule has 1 unspecified atom stereocenters. The van der Waals surface area contributed by atoms with Gasteiger partial charge in [0.25, 0.3) is 0 Å². The number of alkyl halides is 3. The Labute approximate surface area is 171 Å². The first-order valence-electron chi connectivity index (χ1n) is 8.62. The van der Waals surface area contributed by atoms with E-state index in [-0.39, 0.29) is 32.0 Å². The van der Waals surface area contributed by atoms with E-state index >= 15 is 0 Å². The summed E-state index contributed by atoms with van der Waals surface area (Å²) < 4.78 is 40.2. The minimum absolute atomic E-state index is 0.0279. The Balaban J connectivity index is 1.58. The van der Waals surface area contributed by atoms with Crippen LogP contribution in [0.1, 0.15) is 12.2 Å². The highest BCUT2D eigenvalue weighted by atomic mass is 79.9. The van der Waals surface area contributed by atoms with Crippen LogP contribution in [-0.2, 0) is 29.4 Å². The summed E-state index contributed by atoms with van der Waals surface area (Å²) in [5.74, 6) is -2.50. The van der Waals surface area contributed by atoms with E-state index in [1.165, 1.54) is 4.90 Å². The molecule has 0 aliphatic carbocycles. The maximum atomic E-state index is 12.8. The Bertz CT molecular complexity index is 1000. The van der Waals surface area contributed by atoms with Gasteiger partial charge >= 0.3 is 11.9 Å². The molecule has 0 saturated carbocycles. The molecular formula is C17H17BrF3N5O3. The molecule has 2 heterocycles. The van der Waals surface area contributed by atoms with Gasteiger partial charge in [-0.3, -0.25) is 14.2 Å². The van der Waals surface area contributed by atoms with Gasteiger partial charge in [0.2, 0.25) is 17.6 Å². The van der Waals surface area contributed by atoms with E-state index in [4.69, 9.17) is 0 Å². The van der Waals surface area contributed by atoms with Gasteiger partial charge in [-0.2, -0.15) is 13.2 Å². The molecule has 3 rings (SSSR count). The lowest BCUT2D eigenvalue weighted by molar-refractivity contribution is -0.147. The standard InChI is InChI=1S/C17H17BrF3N5O3/c1-24-15(17(19,20)21)23-26(16(24)29)6-5-22-14(28)10-7-13(27)25(9-10)12-4-2-3-11(18)8-12/h2-4,8,10H,5-7,9H2,1H3,(H,22,28). The van der Waals surface area contributed by atoms with Crippen molar-refractivity contribution in [1.82, 2.24) is 19.7 Å². The van der Waals surface area contributed by atoms with Crippen molar-refractivity contribution in [3.63, 3.8) is 0 Å². The lowest BCUT2D eigenvalue weighted by Crippen LogP contribution is -2.36. The molecule has 0 spiro atoms. The number of nitrogens with one attached hydrogen (secondary N) is 1. The molecule has 29 heavy (non-hydrogen) atoms. The van der Waals surface area contributed by atoms with Crippen LogP contribution in [-0.4, -0.2) is 39.3 Å². The van der Waals surface area contributed by atoms with Crippen molar-refractivity contribution in [2.45, 2.75) is 19.1 Å². The van der Waals surface area contributed by atoms with Gasteiger partial charge in [0, 0.05) is 36.7 Å². The number of hydrogen-bond donors (Lipinski definition) is 1. The summed E-state index contributed by atoms with van der Waals surface area (Å²) in [7, 11) is 0.980. The van der Waals surface area contributed by atoms with E-state index in [0.29, 0.717) is 14.9 Å². The minimum Gasteiger partial charge on any atom is -0.354 e. The van der Waals surface area contributed by atoms with Gasteiger partial charge in [-0.05, 0) is 18.2 Å². The fourth-order valence-electron chi connectivity index (χ4n) is 3.09. The van der Waals surface area contributed by atoms with Gasteiger partial charge in [-0.15, -0.1) is 5.10 Å². The Morgan fingerprint density at radius 2 is 2.07 bits per heavy atom. The summed E-state index contributed by atoms with van der Waals surface area (Å²) >= 11 is 3.33. The number of benzene rings is 1. The predicted molar refractivity (Wildman–Crippen MR) is 100 cm³/mol. The van der Waals surface area contributed by atoms with Gasteiger partial charge in [-0.1, -0.05) is 22.0 Å². The number of carbonyl (C=O) groups is 2. The number of amides is 2. The lowest BCUT2D eigenvalue weighted by Gasteiger charge is -2.17. The second-order valence-corrected chi connectivity index (χ2v) is 7.48. The normalized spacial score (nSPS) is 17.1. The first-order chi connectivity index (χ1) is 13.6. The number of halogens is 4. The Kier molecular flexibility index (Phi) is 5.82. The summed E-state index contributed by atoms with van der Waals surface area (Å²) in [5.41, 5.74) is -0.261. The third kappa shape index (κ3) is 4.52. The Morgan fingerprint density at radius 3 is 2.69 bits per heavy atom. The van der Waals surface area contributed by atoms with Crippen LogP contribution in [0.2, 0.25) is 0 Å². The molecule has 1 aliphatic rings. The highest BCUT2D eigenvalue weighted by Gasteiger charge is 2.38. The van der Waals surface area contributed by atoms with Crippen LogP contribution >= 0.6 is 15.9 Å². The van der Waals surface area contributed by atoms with Gasteiger partial charge < -0.3 is 10.2 Å². The zero-order chi connectivity index (χ0) is 21.3. The number of carbonyl (C=O) groups excluding carboxylic acids is 2. The maximum Gasteiger partial charge on any atom is 0.451 e. The number of rotatable bonds is 5. The third-order valence-electron chi connectivity index (χ3n) is 4.53. The van der Waals surface area contributed by atoms with E-state index in [1.54, 1.807) is 18.2 Å². The van der Waals surface area contributed by atoms with E-state index in [9.17, 15) is 27.6 Å². The van der Waals surface area contributed by atoms with Crippen LogP contribution < -0.4 is 15.9 Å². The van der Waals surface area contributed by atoms with Crippen molar-refractivity contribution < 1.29 is 22.8 Å². The summed E-state index contributed by atoms with van der Waals surface area (Å²) in [6, 6.07) is 7.12. The average molecular weight is 476 g/mol. The Morgan fingerprint density at radius 1 is 1.34 bits per heavy atom. The van der Waals surface area contributed by atoms with Crippen LogP contribution in [0, 0.1) is 5.92 Å². The predicted octanol–water partition coefficient (Wildman–Crippen LogP) is 1.53. The van der Waals surface area contributed by atoms with E-state index in [0.717, 1.165) is 11.5 Å². The van der Waals surface area contributed by atoms with Crippen LogP contribution in [0.25, 0.3) is 0 Å². The average Bonchev–Trinajstić information content (AvgIpc) is 3.16. The molecule has 0 radical (unpaired) electrons. The first-order valence-corrected chi connectivity index (χ1v) is 9.42. The maximum absolute atomic E-state index is 12.8. The second kappa shape index (κ2) is 8.01. The second-order valence-electron chi connectivity index (χ2n) is 6.56. The zero-order valence-electron chi connectivity index (χ0n) is 15.2. The molecule has 12 heteroatoms. The monoisotopic (exact) mass is 475 g/mol. The molecule has 156 valence electrons. The number of aromatic nitrogens is 3. The molecular weight excluding hydrogens is 459 g/mol. The van der Waals surface area contributed by atoms with Crippen LogP contribution in [0.4, 0.5) is 18.9 Å². The molecule has 0 bridgehead atoms. The summed E-state index contributed by atoms with van der Waals surface area (Å²) in [4.78, 5) is 37.9. The fraction of sp³-hybridized carbons (Fsp3) is 0.412. The van der Waals surface area contributed by atoms with Gasteiger partial charge in [0.05, 0.1) is 12.5 Å². The molecule has 1 aromatic heterocycles. The van der Waals surface area contributed by atoms with Crippen molar-refractivity contribution in [1.29, 1.82) is 0 Å². The van der Waals surface area contributed by atoms with Crippen molar-refractivity contribution in [2.24, 2.45) is 13.0 Å². The van der Waals surface area contributed by atoms with E-state index in [2.05, 4.69) is 26.3 Å². The fourth-order valence-corrected chi connectivity index (χ4v) is 3.47. The third-order valence-corrected chi connectivity index (χ3v) is 5.03.